The molecule has 0 aliphatic rings. The minimum absolute atomic E-state index is 0.0845. The van der Waals surface area contributed by atoms with Gasteiger partial charge in [-0.3, -0.25) is 9.89 Å². The maximum Gasteiger partial charge on any atom is 0.250 e. The maximum absolute atomic E-state index is 11.8. The van der Waals surface area contributed by atoms with Crippen molar-refractivity contribution < 1.29 is 0 Å². The zero-order valence-electron chi connectivity index (χ0n) is 11.3. The van der Waals surface area contributed by atoms with Crippen molar-refractivity contribution in [3.05, 3.63) is 57.4 Å². The number of aromatic amines is 1. The van der Waals surface area contributed by atoms with Crippen LogP contribution in [-0.2, 0) is 7.05 Å². The Morgan fingerprint density at radius 2 is 2.05 bits per heavy atom. The van der Waals surface area contributed by atoms with Gasteiger partial charge in [0.05, 0.1) is 11.3 Å². The van der Waals surface area contributed by atoms with E-state index in [0.29, 0.717) is 5.82 Å². The molecule has 0 amide bonds. The van der Waals surface area contributed by atoms with E-state index >= 15 is 0 Å². The van der Waals surface area contributed by atoms with Gasteiger partial charge in [0.2, 0.25) is 0 Å². The summed E-state index contributed by atoms with van der Waals surface area (Å²) in [4.78, 5) is 11.8. The highest BCUT2D eigenvalue weighted by atomic mass is 79.9. The molecule has 3 N–H and O–H groups in total. The highest BCUT2D eigenvalue weighted by Gasteiger charge is 2.17. The Kier molecular flexibility index (Phi) is 3.39. The second kappa shape index (κ2) is 5.21. The Labute approximate surface area is 129 Å². The topological polar surface area (TPSA) is 76.7 Å². The van der Waals surface area contributed by atoms with Crippen molar-refractivity contribution in [2.45, 2.75) is 0 Å². The molecule has 0 fully saturated rings. The third kappa shape index (κ3) is 2.38. The molecule has 106 valence electrons. The van der Waals surface area contributed by atoms with Gasteiger partial charge in [0.25, 0.3) is 5.56 Å². The van der Waals surface area contributed by atoms with E-state index < -0.39 is 0 Å². The Balaban J connectivity index is 2.24. The van der Waals surface area contributed by atoms with Gasteiger partial charge in [0, 0.05) is 34.9 Å². The molecule has 0 radical (unpaired) electrons. The molecule has 2 aromatic heterocycles. The number of H-pyrrole nitrogens is 1. The van der Waals surface area contributed by atoms with Gasteiger partial charge in [-0.15, -0.1) is 0 Å². The molecule has 0 saturated carbocycles. The molecule has 0 atom stereocenters. The molecule has 0 unspecified atom stereocenters. The fraction of sp³-hybridized carbons (Fsp3) is 0.0667. The number of hydrogen-bond donors (Lipinski definition) is 2. The smallest absolute Gasteiger partial charge is 0.250 e. The Morgan fingerprint density at radius 3 is 2.76 bits per heavy atom. The molecule has 0 bridgehead atoms. The molecule has 6 heteroatoms. The van der Waals surface area contributed by atoms with Crippen LogP contribution in [0.5, 0.6) is 0 Å². The summed E-state index contributed by atoms with van der Waals surface area (Å²) in [6.07, 6.45) is 1.72. The summed E-state index contributed by atoms with van der Waals surface area (Å²) in [7, 11) is 1.71. The molecular formula is C15H13BrN4O. The van der Waals surface area contributed by atoms with Crippen LogP contribution >= 0.6 is 15.9 Å². The number of hydrogen-bond acceptors (Lipinski definition) is 3. The van der Waals surface area contributed by atoms with Crippen molar-refractivity contribution in [3.8, 4) is 22.4 Å². The number of halogens is 1. The molecule has 3 rings (SSSR count). The monoisotopic (exact) mass is 344 g/mol. The standard InChI is InChI=1S/C15H13BrN4O/c1-20-7-6-9(8-12(20)21)14-13(15(17)19-18-14)10-4-2-3-5-11(10)16/h2-8H,1H3,(H3,17,18,19). The molecule has 0 aliphatic heterocycles. The first-order valence-corrected chi connectivity index (χ1v) is 7.13. The molecule has 1 aromatic carbocycles. The van der Waals surface area contributed by atoms with E-state index in [9.17, 15) is 4.79 Å². The quantitative estimate of drug-likeness (QED) is 0.750. The molecule has 0 spiro atoms. The summed E-state index contributed by atoms with van der Waals surface area (Å²) >= 11 is 3.52. The summed E-state index contributed by atoms with van der Waals surface area (Å²) in [5, 5.41) is 7.00. The van der Waals surface area contributed by atoms with E-state index in [0.717, 1.165) is 26.9 Å². The summed E-state index contributed by atoms with van der Waals surface area (Å²) in [6, 6.07) is 11.2. The second-order valence-electron chi connectivity index (χ2n) is 4.70. The van der Waals surface area contributed by atoms with E-state index in [1.165, 1.54) is 4.57 Å². The van der Waals surface area contributed by atoms with Crippen LogP contribution in [0, 0.1) is 0 Å². The average Bonchev–Trinajstić information content (AvgIpc) is 2.84. The van der Waals surface area contributed by atoms with Crippen LogP contribution in [0.25, 0.3) is 22.4 Å². The maximum atomic E-state index is 11.8. The zero-order chi connectivity index (χ0) is 15.0. The first kappa shape index (κ1) is 13.6. The summed E-state index contributed by atoms with van der Waals surface area (Å²) < 4.78 is 2.43. The third-order valence-electron chi connectivity index (χ3n) is 3.33. The molecule has 2 heterocycles. The number of rotatable bonds is 2. The first-order valence-electron chi connectivity index (χ1n) is 6.33. The molecule has 0 saturated heterocycles. The normalized spacial score (nSPS) is 10.8. The van der Waals surface area contributed by atoms with E-state index in [1.807, 2.05) is 30.3 Å². The largest absolute Gasteiger partial charge is 0.382 e. The number of nitrogen functional groups attached to an aromatic ring is 1. The number of aryl methyl sites for hydroxylation is 1. The van der Waals surface area contributed by atoms with Crippen molar-refractivity contribution in [2.75, 3.05) is 5.73 Å². The van der Waals surface area contributed by atoms with E-state index in [2.05, 4.69) is 26.1 Å². The number of aromatic nitrogens is 3. The lowest BCUT2D eigenvalue weighted by Gasteiger charge is -2.07. The van der Waals surface area contributed by atoms with Crippen molar-refractivity contribution in [1.29, 1.82) is 0 Å². The van der Waals surface area contributed by atoms with Crippen LogP contribution in [0.2, 0.25) is 0 Å². The predicted octanol–water partition coefficient (Wildman–Crippen LogP) is 2.79. The van der Waals surface area contributed by atoms with Crippen molar-refractivity contribution >= 4 is 21.7 Å². The van der Waals surface area contributed by atoms with Gasteiger partial charge >= 0.3 is 0 Å². The molecule has 3 aromatic rings. The molecular weight excluding hydrogens is 332 g/mol. The summed E-state index contributed by atoms with van der Waals surface area (Å²) in [5.74, 6) is 0.401. The van der Waals surface area contributed by atoms with Crippen LogP contribution in [0.15, 0.2) is 51.9 Å². The SMILES string of the molecule is Cn1ccc(-c2[nH]nc(N)c2-c2ccccc2Br)cc1=O. The number of benzene rings is 1. The number of nitrogens with zero attached hydrogens (tertiary/aromatic N) is 2. The number of nitrogens with two attached hydrogens (primary N) is 1. The minimum atomic E-state index is -0.0845. The predicted molar refractivity (Wildman–Crippen MR) is 86.8 cm³/mol. The van der Waals surface area contributed by atoms with Crippen LogP contribution in [0.4, 0.5) is 5.82 Å². The van der Waals surface area contributed by atoms with Crippen LogP contribution in [-0.4, -0.2) is 14.8 Å². The third-order valence-corrected chi connectivity index (χ3v) is 4.02. The highest BCUT2D eigenvalue weighted by molar-refractivity contribution is 9.10. The summed E-state index contributed by atoms with van der Waals surface area (Å²) in [5.41, 5.74) is 9.13. The Hall–Kier alpha value is -2.34. The Bertz CT molecular complexity index is 866. The van der Waals surface area contributed by atoms with Gasteiger partial charge in [-0.25, -0.2) is 0 Å². The number of anilines is 1. The lowest BCUT2D eigenvalue weighted by atomic mass is 10.0. The van der Waals surface area contributed by atoms with Gasteiger partial charge in [0.1, 0.15) is 0 Å². The fourth-order valence-electron chi connectivity index (χ4n) is 2.21. The van der Waals surface area contributed by atoms with Crippen LogP contribution in [0.1, 0.15) is 0 Å². The lowest BCUT2D eigenvalue weighted by Crippen LogP contribution is -2.14. The molecule has 5 nitrogen and oxygen atoms in total. The van der Waals surface area contributed by atoms with E-state index in [4.69, 9.17) is 5.73 Å². The lowest BCUT2D eigenvalue weighted by molar-refractivity contribution is 0.861. The van der Waals surface area contributed by atoms with Gasteiger partial charge in [-0.2, -0.15) is 5.10 Å². The van der Waals surface area contributed by atoms with Gasteiger partial charge in [-0.1, -0.05) is 34.1 Å². The average molecular weight is 345 g/mol. The highest BCUT2D eigenvalue weighted by Crippen LogP contribution is 2.37. The minimum Gasteiger partial charge on any atom is -0.382 e. The van der Waals surface area contributed by atoms with E-state index in [1.54, 1.807) is 19.3 Å². The molecule has 21 heavy (non-hydrogen) atoms. The second-order valence-corrected chi connectivity index (χ2v) is 5.56. The van der Waals surface area contributed by atoms with Crippen molar-refractivity contribution in [1.82, 2.24) is 14.8 Å². The van der Waals surface area contributed by atoms with E-state index in [-0.39, 0.29) is 5.56 Å². The molecule has 0 aliphatic carbocycles. The number of pyridine rings is 1. The Morgan fingerprint density at radius 1 is 1.29 bits per heavy atom. The first-order chi connectivity index (χ1) is 10.1. The van der Waals surface area contributed by atoms with Gasteiger partial charge in [-0.05, 0) is 12.1 Å². The summed E-state index contributed by atoms with van der Waals surface area (Å²) in [6.45, 7) is 0. The van der Waals surface area contributed by atoms with Gasteiger partial charge < -0.3 is 10.3 Å². The fourth-order valence-corrected chi connectivity index (χ4v) is 2.69. The van der Waals surface area contributed by atoms with Gasteiger partial charge in [0.15, 0.2) is 5.82 Å². The number of nitrogens with one attached hydrogen (secondary N) is 1. The van der Waals surface area contributed by atoms with Crippen molar-refractivity contribution in [2.24, 2.45) is 7.05 Å². The van der Waals surface area contributed by atoms with Crippen LogP contribution in [0.3, 0.4) is 0 Å². The zero-order valence-corrected chi connectivity index (χ0v) is 12.9. The van der Waals surface area contributed by atoms with Crippen molar-refractivity contribution in [3.63, 3.8) is 0 Å². The van der Waals surface area contributed by atoms with Crippen LogP contribution < -0.4 is 11.3 Å².